The van der Waals surface area contributed by atoms with Crippen molar-refractivity contribution < 1.29 is 0 Å². The fourth-order valence-electron chi connectivity index (χ4n) is 1.04. The van der Waals surface area contributed by atoms with E-state index in [9.17, 15) is 0 Å². The van der Waals surface area contributed by atoms with E-state index >= 15 is 0 Å². The van der Waals surface area contributed by atoms with Gasteiger partial charge in [0, 0.05) is 24.6 Å². The van der Waals surface area contributed by atoms with Gasteiger partial charge in [-0.3, -0.25) is 4.99 Å². The standard InChI is InChI=1S/C9H12N2S/c1-10-9(11-2)7-5-3-4-6-8(7)12/h3-6,12H,1-2H3,(H,10,11). The van der Waals surface area contributed by atoms with Gasteiger partial charge in [-0.2, -0.15) is 0 Å². The zero-order valence-electron chi connectivity index (χ0n) is 7.20. The molecule has 1 N–H and O–H groups in total. The number of aliphatic imine (C=N–C) groups is 1. The third-order valence-corrected chi connectivity index (χ3v) is 2.01. The van der Waals surface area contributed by atoms with E-state index in [4.69, 9.17) is 0 Å². The molecule has 0 aliphatic heterocycles. The van der Waals surface area contributed by atoms with E-state index in [0.717, 1.165) is 16.3 Å². The van der Waals surface area contributed by atoms with E-state index in [1.54, 1.807) is 7.05 Å². The van der Waals surface area contributed by atoms with E-state index < -0.39 is 0 Å². The summed E-state index contributed by atoms with van der Waals surface area (Å²) in [6.45, 7) is 0. The van der Waals surface area contributed by atoms with Crippen LogP contribution in [0.3, 0.4) is 0 Å². The van der Waals surface area contributed by atoms with Crippen molar-refractivity contribution in [1.82, 2.24) is 5.32 Å². The first-order valence-electron chi connectivity index (χ1n) is 3.72. The molecule has 0 bridgehead atoms. The predicted molar refractivity (Wildman–Crippen MR) is 55.2 cm³/mol. The molecule has 0 aliphatic carbocycles. The molecule has 0 aliphatic rings. The SMILES string of the molecule is CN=C(NC)c1ccccc1S. The Morgan fingerprint density at radius 2 is 2.08 bits per heavy atom. The maximum Gasteiger partial charge on any atom is 0.128 e. The van der Waals surface area contributed by atoms with Crippen LogP contribution >= 0.6 is 12.6 Å². The van der Waals surface area contributed by atoms with Gasteiger partial charge in [0.05, 0.1) is 0 Å². The molecular formula is C9H12N2S. The second kappa shape index (κ2) is 4.16. The second-order valence-corrected chi connectivity index (χ2v) is 2.82. The number of benzene rings is 1. The summed E-state index contributed by atoms with van der Waals surface area (Å²) in [5.74, 6) is 0.862. The Kier molecular flexibility index (Phi) is 3.17. The predicted octanol–water partition coefficient (Wildman–Crippen LogP) is 1.57. The van der Waals surface area contributed by atoms with Gasteiger partial charge < -0.3 is 5.32 Å². The van der Waals surface area contributed by atoms with Crippen LogP contribution in [0.5, 0.6) is 0 Å². The molecule has 1 rings (SSSR count). The molecule has 0 amide bonds. The zero-order valence-corrected chi connectivity index (χ0v) is 8.10. The number of nitrogens with one attached hydrogen (secondary N) is 1. The van der Waals surface area contributed by atoms with Gasteiger partial charge in [-0.15, -0.1) is 12.6 Å². The van der Waals surface area contributed by atoms with Gasteiger partial charge in [-0.25, -0.2) is 0 Å². The lowest BCUT2D eigenvalue weighted by Crippen LogP contribution is -2.19. The molecule has 0 unspecified atom stereocenters. The first-order valence-corrected chi connectivity index (χ1v) is 4.17. The van der Waals surface area contributed by atoms with Crippen molar-refractivity contribution in [2.75, 3.05) is 14.1 Å². The van der Waals surface area contributed by atoms with Crippen molar-refractivity contribution in [3.8, 4) is 0 Å². The van der Waals surface area contributed by atoms with Crippen molar-refractivity contribution in [3.05, 3.63) is 29.8 Å². The van der Waals surface area contributed by atoms with E-state index in [-0.39, 0.29) is 0 Å². The van der Waals surface area contributed by atoms with E-state index in [1.807, 2.05) is 31.3 Å². The van der Waals surface area contributed by atoms with Crippen LogP contribution < -0.4 is 5.32 Å². The van der Waals surface area contributed by atoms with Crippen LogP contribution in [0.15, 0.2) is 34.2 Å². The molecule has 1 aromatic carbocycles. The van der Waals surface area contributed by atoms with E-state index in [0.29, 0.717) is 0 Å². The lowest BCUT2D eigenvalue weighted by atomic mass is 10.2. The van der Waals surface area contributed by atoms with Crippen molar-refractivity contribution in [3.63, 3.8) is 0 Å². The van der Waals surface area contributed by atoms with Gasteiger partial charge in [-0.05, 0) is 6.07 Å². The monoisotopic (exact) mass is 180 g/mol. The van der Waals surface area contributed by atoms with Crippen LogP contribution in [-0.4, -0.2) is 19.9 Å². The van der Waals surface area contributed by atoms with Crippen molar-refractivity contribution in [2.24, 2.45) is 4.99 Å². The van der Waals surface area contributed by atoms with Crippen molar-refractivity contribution >= 4 is 18.5 Å². The summed E-state index contributed by atoms with van der Waals surface area (Å²) < 4.78 is 0. The molecule has 2 nitrogen and oxygen atoms in total. The fraction of sp³-hybridized carbons (Fsp3) is 0.222. The number of hydrogen-bond acceptors (Lipinski definition) is 2. The molecule has 12 heavy (non-hydrogen) atoms. The molecule has 0 atom stereocenters. The molecule has 0 saturated carbocycles. The Bertz CT molecular complexity index is 294. The topological polar surface area (TPSA) is 24.4 Å². The molecular weight excluding hydrogens is 168 g/mol. The highest BCUT2D eigenvalue weighted by molar-refractivity contribution is 7.80. The summed E-state index contributed by atoms with van der Waals surface area (Å²) in [6, 6.07) is 7.86. The van der Waals surface area contributed by atoms with Crippen LogP contribution in [0.4, 0.5) is 0 Å². The first-order chi connectivity index (χ1) is 5.79. The quantitative estimate of drug-likeness (QED) is 0.383. The number of nitrogens with zero attached hydrogens (tertiary/aromatic N) is 1. The highest BCUT2D eigenvalue weighted by Crippen LogP contribution is 2.12. The molecule has 0 radical (unpaired) electrons. The molecule has 0 spiro atoms. The first kappa shape index (κ1) is 9.13. The van der Waals surface area contributed by atoms with Crippen LogP contribution in [-0.2, 0) is 0 Å². The normalized spacial score (nSPS) is 11.4. The van der Waals surface area contributed by atoms with Gasteiger partial charge >= 0.3 is 0 Å². The molecule has 0 aromatic heterocycles. The Labute approximate surface area is 78.1 Å². The smallest absolute Gasteiger partial charge is 0.128 e. The lowest BCUT2D eigenvalue weighted by Gasteiger charge is -2.06. The summed E-state index contributed by atoms with van der Waals surface area (Å²) in [7, 11) is 3.61. The van der Waals surface area contributed by atoms with E-state index in [1.165, 1.54) is 0 Å². The summed E-state index contributed by atoms with van der Waals surface area (Å²) >= 11 is 4.32. The van der Waals surface area contributed by atoms with Crippen LogP contribution in [0.25, 0.3) is 0 Å². The molecule has 0 fully saturated rings. The number of amidine groups is 1. The van der Waals surface area contributed by atoms with Crippen LogP contribution in [0.1, 0.15) is 5.56 Å². The van der Waals surface area contributed by atoms with Crippen molar-refractivity contribution in [1.29, 1.82) is 0 Å². The average Bonchev–Trinajstić information content (AvgIpc) is 2.10. The fourth-order valence-corrected chi connectivity index (χ4v) is 1.31. The third kappa shape index (κ3) is 1.80. The zero-order chi connectivity index (χ0) is 8.97. The Morgan fingerprint density at radius 1 is 1.42 bits per heavy atom. The van der Waals surface area contributed by atoms with Gasteiger partial charge in [-0.1, -0.05) is 18.2 Å². The largest absolute Gasteiger partial charge is 0.373 e. The molecule has 64 valence electrons. The summed E-state index contributed by atoms with van der Waals surface area (Å²) in [4.78, 5) is 5.03. The summed E-state index contributed by atoms with van der Waals surface area (Å²) in [5.41, 5.74) is 1.03. The third-order valence-electron chi connectivity index (χ3n) is 1.62. The van der Waals surface area contributed by atoms with Gasteiger partial charge in [0.15, 0.2) is 0 Å². The minimum atomic E-state index is 0.862. The van der Waals surface area contributed by atoms with Gasteiger partial charge in [0.25, 0.3) is 0 Å². The summed E-state index contributed by atoms with van der Waals surface area (Å²) in [5, 5.41) is 3.01. The Hall–Kier alpha value is -0.960. The number of rotatable bonds is 1. The maximum absolute atomic E-state index is 4.32. The Morgan fingerprint density at radius 3 is 2.58 bits per heavy atom. The van der Waals surface area contributed by atoms with Crippen LogP contribution in [0.2, 0.25) is 0 Å². The molecule has 1 aromatic rings. The molecule has 0 heterocycles. The highest BCUT2D eigenvalue weighted by atomic mass is 32.1. The number of thiol groups is 1. The Balaban J connectivity index is 3.10. The second-order valence-electron chi connectivity index (χ2n) is 2.34. The summed E-state index contributed by atoms with van der Waals surface area (Å²) in [6.07, 6.45) is 0. The average molecular weight is 180 g/mol. The van der Waals surface area contributed by atoms with Crippen molar-refractivity contribution in [2.45, 2.75) is 4.90 Å². The molecule has 3 heteroatoms. The van der Waals surface area contributed by atoms with Crippen LogP contribution in [0, 0.1) is 0 Å². The maximum atomic E-state index is 4.32. The van der Waals surface area contributed by atoms with E-state index in [2.05, 4.69) is 22.9 Å². The minimum absolute atomic E-state index is 0.862. The number of hydrogen-bond donors (Lipinski definition) is 2. The minimum Gasteiger partial charge on any atom is -0.373 e. The lowest BCUT2D eigenvalue weighted by molar-refractivity contribution is 1.14. The highest BCUT2D eigenvalue weighted by Gasteiger charge is 2.02. The van der Waals surface area contributed by atoms with Gasteiger partial charge in [0.1, 0.15) is 5.84 Å². The molecule has 0 saturated heterocycles. The van der Waals surface area contributed by atoms with Gasteiger partial charge in [0.2, 0.25) is 0 Å².